The molecule has 2 aliphatic rings. The Balaban J connectivity index is 1.22. The Hall–Kier alpha value is -3.51. The van der Waals surface area contributed by atoms with E-state index in [2.05, 4.69) is 55.5 Å². The largest absolute Gasteiger partial charge is 0.480 e. The van der Waals surface area contributed by atoms with Crippen LogP contribution in [-0.4, -0.2) is 53.5 Å². The third-order valence-electron chi connectivity index (χ3n) is 6.64. The lowest BCUT2D eigenvalue weighted by Crippen LogP contribution is -2.39. The van der Waals surface area contributed by atoms with Gasteiger partial charge in [0.2, 0.25) is 11.4 Å². The van der Waals surface area contributed by atoms with Gasteiger partial charge in [-0.2, -0.15) is 0 Å². The fourth-order valence-corrected chi connectivity index (χ4v) is 7.16. The van der Waals surface area contributed by atoms with Gasteiger partial charge in [0.15, 0.2) is 0 Å². The number of anilines is 2. The number of H-pyrrole nitrogens is 1. The van der Waals surface area contributed by atoms with Crippen LogP contribution in [-0.2, 0) is 4.74 Å². The van der Waals surface area contributed by atoms with E-state index >= 15 is 0 Å². The molecule has 0 spiro atoms. The van der Waals surface area contributed by atoms with Crippen molar-refractivity contribution in [3.63, 3.8) is 0 Å². The molecule has 1 saturated heterocycles. The first-order valence-corrected chi connectivity index (χ1v) is 14.2. The van der Waals surface area contributed by atoms with E-state index in [-0.39, 0.29) is 18.3 Å². The summed E-state index contributed by atoms with van der Waals surface area (Å²) in [6.45, 7) is 1.87. The zero-order chi connectivity index (χ0) is 26.8. The number of benzene rings is 2. The third-order valence-corrected chi connectivity index (χ3v) is 9.25. The second-order valence-electron chi connectivity index (χ2n) is 9.12. The lowest BCUT2D eigenvalue weighted by atomic mass is 10.1. The van der Waals surface area contributed by atoms with Gasteiger partial charge in [0, 0.05) is 56.3 Å². The van der Waals surface area contributed by atoms with Crippen LogP contribution in [0.4, 0.5) is 11.4 Å². The average Bonchev–Trinajstić information content (AvgIpc) is 2.98. The Labute approximate surface area is 234 Å². The van der Waals surface area contributed by atoms with E-state index in [1.165, 1.54) is 16.0 Å². The first-order chi connectivity index (χ1) is 19.1. The standard InChI is InChI=1S/C28H27N5O4S2/c1-36-27-14-29-13-20(32-27)21(16-34)31-17-5-6-23-25(11-17)38-24-4-2-3-19(28(24)39-23)22-15-33(9-10-37-22)18-7-8-30-26(35)12-18/h2-8,11-14,21-22,31,34H,9-10,15-16H2,1H3,(H,30,35). The number of methoxy groups -OCH3 is 1. The smallest absolute Gasteiger partial charge is 0.249 e. The minimum atomic E-state index is -0.419. The summed E-state index contributed by atoms with van der Waals surface area (Å²) in [4.78, 5) is 30.0. The monoisotopic (exact) mass is 561 g/mol. The van der Waals surface area contributed by atoms with Crippen LogP contribution in [0.5, 0.6) is 5.88 Å². The second-order valence-corrected chi connectivity index (χ2v) is 11.3. The molecule has 2 aromatic heterocycles. The highest BCUT2D eigenvalue weighted by Gasteiger charge is 2.28. The number of nitrogens with zero attached hydrogens (tertiary/aromatic N) is 3. The maximum atomic E-state index is 11.8. The molecular formula is C28H27N5O4S2. The van der Waals surface area contributed by atoms with E-state index < -0.39 is 6.04 Å². The molecule has 2 atom stereocenters. The summed E-state index contributed by atoms with van der Waals surface area (Å²) < 4.78 is 11.4. The molecule has 6 rings (SSSR count). The summed E-state index contributed by atoms with van der Waals surface area (Å²) in [6, 6.07) is 15.7. The number of aliphatic hydroxyl groups is 1. The van der Waals surface area contributed by atoms with E-state index in [0.29, 0.717) is 24.7 Å². The molecule has 0 amide bonds. The van der Waals surface area contributed by atoms with Crippen molar-refractivity contribution in [3.8, 4) is 5.88 Å². The number of morpholine rings is 1. The van der Waals surface area contributed by atoms with Crippen molar-refractivity contribution < 1.29 is 14.6 Å². The van der Waals surface area contributed by atoms with Gasteiger partial charge in [-0.15, -0.1) is 0 Å². The molecule has 2 aromatic carbocycles. The Bertz CT molecular complexity index is 1550. The van der Waals surface area contributed by atoms with E-state index in [0.717, 1.165) is 33.3 Å². The quantitative estimate of drug-likeness (QED) is 0.262. The molecule has 4 heterocycles. The summed E-state index contributed by atoms with van der Waals surface area (Å²) in [6.07, 6.45) is 4.75. The van der Waals surface area contributed by atoms with Crippen molar-refractivity contribution >= 4 is 34.9 Å². The second kappa shape index (κ2) is 11.3. The Kier molecular flexibility index (Phi) is 7.47. The van der Waals surface area contributed by atoms with Crippen LogP contribution in [0.3, 0.4) is 0 Å². The van der Waals surface area contributed by atoms with Crippen molar-refractivity contribution in [3.05, 3.63) is 88.7 Å². The summed E-state index contributed by atoms with van der Waals surface area (Å²) >= 11 is 3.47. The third kappa shape index (κ3) is 5.48. The molecule has 11 heteroatoms. The number of aromatic nitrogens is 3. The number of pyridine rings is 1. The fraction of sp³-hybridized carbons (Fsp3) is 0.250. The molecule has 4 aromatic rings. The Morgan fingerprint density at radius 1 is 1.18 bits per heavy atom. The van der Waals surface area contributed by atoms with Crippen LogP contribution in [0.1, 0.15) is 23.4 Å². The molecule has 39 heavy (non-hydrogen) atoms. The van der Waals surface area contributed by atoms with Crippen molar-refractivity contribution in [1.29, 1.82) is 0 Å². The summed E-state index contributed by atoms with van der Waals surface area (Å²) in [5.41, 5.74) is 3.45. The van der Waals surface area contributed by atoms with Gasteiger partial charge < -0.3 is 29.8 Å². The minimum Gasteiger partial charge on any atom is -0.480 e. The number of hydrogen-bond acceptors (Lipinski definition) is 10. The Morgan fingerprint density at radius 3 is 2.95 bits per heavy atom. The highest BCUT2D eigenvalue weighted by atomic mass is 32.2. The maximum Gasteiger partial charge on any atom is 0.249 e. The molecule has 0 saturated carbocycles. The van der Waals surface area contributed by atoms with Gasteiger partial charge in [-0.25, -0.2) is 4.98 Å². The van der Waals surface area contributed by atoms with E-state index in [4.69, 9.17) is 9.47 Å². The number of ether oxygens (including phenoxy) is 2. The van der Waals surface area contributed by atoms with Crippen molar-refractivity contribution in [1.82, 2.24) is 15.0 Å². The van der Waals surface area contributed by atoms with Crippen LogP contribution < -0.4 is 20.5 Å². The zero-order valence-corrected chi connectivity index (χ0v) is 22.8. The normalized spacial score (nSPS) is 17.2. The zero-order valence-electron chi connectivity index (χ0n) is 21.2. The molecule has 0 aliphatic carbocycles. The van der Waals surface area contributed by atoms with Gasteiger partial charge in [0.1, 0.15) is 6.10 Å². The van der Waals surface area contributed by atoms with Crippen LogP contribution in [0.2, 0.25) is 0 Å². The maximum absolute atomic E-state index is 11.8. The van der Waals surface area contributed by atoms with Crippen molar-refractivity contribution in [2.24, 2.45) is 0 Å². The molecular weight excluding hydrogens is 534 g/mol. The van der Waals surface area contributed by atoms with Crippen LogP contribution in [0, 0.1) is 0 Å². The molecule has 0 radical (unpaired) electrons. The van der Waals surface area contributed by atoms with Gasteiger partial charge in [-0.1, -0.05) is 35.7 Å². The van der Waals surface area contributed by atoms with E-state index in [1.54, 1.807) is 49.1 Å². The van der Waals surface area contributed by atoms with Crippen LogP contribution >= 0.6 is 23.5 Å². The predicted octanol–water partition coefficient (Wildman–Crippen LogP) is 4.51. The molecule has 3 N–H and O–H groups in total. The van der Waals surface area contributed by atoms with Crippen molar-refractivity contribution in [2.45, 2.75) is 31.7 Å². The van der Waals surface area contributed by atoms with E-state index in [1.807, 2.05) is 12.1 Å². The molecule has 9 nitrogen and oxygen atoms in total. The number of hydrogen-bond donors (Lipinski definition) is 3. The number of aromatic amines is 1. The average molecular weight is 562 g/mol. The number of rotatable bonds is 7. The SMILES string of the molecule is COc1cncc(C(CO)Nc2ccc3c(c2)Sc2cccc(C4CN(c5cc[nH]c(=O)c5)CCO4)c2S3)n1. The molecule has 2 aliphatic heterocycles. The van der Waals surface area contributed by atoms with Gasteiger partial charge in [0.05, 0.1) is 44.5 Å². The van der Waals surface area contributed by atoms with Gasteiger partial charge in [-0.3, -0.25) is 9.78 Å². The number of fused-ring (bicyclic) bond motifs is 2. The lowest BCUT2D eigenvalue weighted by molar-refractivity contribution is 0.0379. The topological polar surface area (TPSA) is 113 Å². The van der Waals surface area contributed by atoms with Crippen molar-refractivity contribution in [2.75, 3.05) is 43.6 Å². The first-order valence-electron chi connectivity index (χ1n) is 12.5. The van der Waals surface area contributed by atoms with Crippen LogP contribution in [0.25, 0.3) is 0 Å². The fourth-order valence-electron chi connectivity index (χ4n) is 4.71. The molecule has 0 bridgehead atoms. The van der Waals surface area contributed by atoms with E-state index in [9.17, 15) is 9.90 Å². The summed E-state index contributed by atoms with van der Waals surface area (Å²) in [7, 11) is 1.54. The number of aliphatic hydroxyl groups excluding tert-OH is 1. The van der Waals surface area contributed by atoms with Gasteiger partial charge in [-0.05, 0) is 35.9 Å². The van der Waals surface area contributed by atoms with Gasteiger partial charge >= 0.3 is 0 Å². The predicted molar refractivity (Wildman–Crippen MR) is 151 cm³/mol. The van der Waals surface area contributed by atoms with Crippen LogP contribution in [0.15, 0.2) is 91.5 Å². The molecule has 2 unspecified atom stereocenters. The number of nitrogens with one attached hydrogen (secondary N) is 2. The summed E-state index contributed by atoms with van der Waals surface area (Å²) in [5.74, 6) is 0.403. The first kappa shape index (κ1) is 25.8. The highest BCUT2D eigenvalue weighted by molar-refractivity contribution is 8.05. The minimum absolute atomic E-state index is 0.0992. The summed E-state index contributed by atoms with van der Waals surface area (Å²) in [5, 5.41) is 13.4. The van der Waals surface area contributed by atoms with Gasteiger partial charge in [0.25, 0.3) is 0 Å². The lowest BCUT2D eigenvalue weighted by Gasteiger charge is -2.36. The molecule has 200 valence electrons. The highest BCUT2D eigenvalue weighted by Crippen LogP contribution is 2.52. The molecule has 1 fully saturated rings. The Morgan fingerprint density at radius 2 is 2.10 bits per heavy atom.